The van der Waals surface area contributed by atoms with Gasteiger partial charge in [-0.3, -0.25) is 0 Å². The van der Waals surface area contributed by atoms with Crippen LogP contribution in [0.5, 0.6) is 5.75 Å². The van der Waals surface area contributed by atoms with Crippen LogP contribution in [0, 0.1) is 0 Å². The number of ether oxygens (including phenoxy) is 1. The van der Waals surface area contributed by atoms with Crippen LogP contribution in [0.1, 0.15) is 37.2 Å². The van der Waals surface area contributed by atoms with Gasteiger partial charge in [0, 0.05) is 13.0 Å². The van der Waals surface area contributed by atoms with Gasteiger partial charge in [0.1, 0.15) is 11.4 Å². The molecule has 5 nitrogen and oxygen atoms in total. The summed E-state index contributed by atoms with van der Waals surface area (Å²) in [7, 11) is 0. The number of rotatable bonds is 8. The Morgan fingerprint density at radius 2 is 1.90 bits per heavy atom. The molecule has 0 bridgehead atoms. The van der Waals surface area contributed by atoms with E-state index in [0.717, 1.165) is 37.3 Å². The van der Waals surface area contributed by atoms with E-state index in [4.69, 9.17) is 4.74 Å². The predicted octanol–water partition coefficient (Wildman–Crippen LogP) is 2.36. The molecule has 0 saturated carbocycles. The van der Waals surface area contributed by atoms with Crippen molar-refractivity contribution >= 4 is 0 Å². The highest BCUT2D eigenvalue weighted by atomic mass is 16.5. The molecule has 0 fully saturated rings. The summed E-state index contributed by atoms with van der Waals surface area (Å²) in [6.07, 6.45) is 2.72. The van der Waals surface area contributed by atoms with Gasteiger partial charge in [-0.1, -0.05) is 31.2 Å². The third-order valence-corrected chi connectivity index (χ3v) is 3.52. The first kappa shape index (κ1) is 15.5. The largest absolute Gasteiger partial charge is 0.494 e. The van der Waals surface area contributed by atoms with Gasteiger partial charge < -0.3 is 9.84 Å². The molecule has 0 aliphatic rings. The number of hydrogen-bond acceptors (Lipinski definition) is 4. The fourth-order valence-electron chi connectivity index (χ4n) is 2.28. The van der Waals surface area contributed by atoms with Gasteiger partial charge in [-0.25, -0.2) is 4.68 Å². The van der Waals surface area contributed by atoms with Crippen LogP contribution in [0.3, 0.4) is 0 Å². The van der Waals surface area contributed by atoms with E-state index in [1.54, 1.807) is 0 Å². The van der Waals surface area contributed by atoms with Crippen LogP contribution in [0.2, 0.25) is 0 Å². The van der Waals surface area contributed by atoms with Gasteiger partial charge in [0.05, 0.1) is 18.9 Å². The van der Waals surface area contributed by atoms with Crippen LogP contribution in [0.25, 0.3) is 0 Å². The lowest BCUT2D eigenvalue weighted by Gasteiger charge is -2.08. The Hall–Kier alpha value is -1.88. The molecule has 5 heteroatoms. The van der Waals surface area contributed by atoms with E-state index in [0.29, 0.717) is 12.3 Å². The number of benzene rings is 1. The molecule has 0 atom stereocenters. The Bertz CT molecular complexity index is 549. The monoisotopic (exact) mass is 289 g/mol. The van der Waals surface area contributed by atoms with E-state index in [1.165, 1.54) is 5.56 Å². The third-order valence-electron chi connectivity index (χ3n) is 3.52. The molecule has 1 N–H and O–H groups in total. The Morgan fingerprint density at radius 1 is 1.14 bits per heavy atom. The molecule has 114 valence electrons. The fraction of sp³-hybridized carbons (Fsp3) is 0.500. The molecular formula is C16H23N3O2. The van der Waals surface area contributed by atoms with Gasteiger partial charge in [0.25, 0.3) is 0 Å². The minimum absolute atomic E-state index is 0.0521. The number of nitrogens with zero attached hydrogens (tertiary/aromatic N) is 3. The Labute approximate surface area is 125 Å². The molecule has 0 aliphatic carbocycles. The topological polar surface area (TPSA) is 60.2 Å². The molecule has 0 spiro atoms. The van der Waals surface area contributed by atoms with E-state index >= 15 is 0 Å². The number of aliphatic hydroxyl groups excluding tert-OH is 1. The van der Waals surface area contributed by atoms with E-state index in [-0.39, 0.29) is 6.61 Å². The summed E-state index contributed by atoms with van der Waals surface area (Å²) < 4.78 is 7.58. The van der Waals surface area contributed by atoms with Crippen molar-refractivity contribution in [2.24, 2.45) is 0 Å². The maximum atomic E-state index is 9.19. The highest BCUT2D eigenvalue weighted by molar-refractivity contribution is 5.27. The quantitative estimate of drug-likeness (QED) is 0.758. The van der Waals surface area contributed by atoms with E-state index in [2.05, 4.69) is 29.4 Å². The van der Waals surface area contributed by atoms with Crippen molar-refractivity contribution in [3.63, 3.8) is 0 Å². The van der Waals surface area contributed by atoms with Gasteiger partial charge in [-0.2, -0.15) is 0 Å². The van der Waals surface area contributed by atoms with E-state index in [1.807, 2.05) is 23.7 Å². The number of aliphatic hydroxyl groups is 1. The molecule has 0 radical (unpaired) electrons. The molecule has 2 aromatic rings. The first-order valence-electron chi connectivity index (χ1n) is 7.52. The zero-order chi connectivity index (χ0) is 15.1. The molecule has 1 aromatic heterocycles. The van der Waals surface area contributed by atoms with Crippen molar-refractivity contribution in [3.8, 4) is 5.75 Å². The Morgan fingerprint density at radius 3 is 2.52 bits per heavy atom. The van der Waals surface area contributed by atoms with Crippen LogP contribution < -0.4 is 4.74 Å². The normalized spacial score (nSPS) is 10.8. The number of aromatic nitrogens is 3. The second kappa shape index (κ2) is 7.78. The van der Waals surface area contributed by atoms with Crippen molar-refractivity contribution in [1.82, 2.24) is 15.0 Å². The average Bonchev–Trinajstić information content (AvgIpc) is 2.94. The van der Waals surface area contributed by atoms with Crippen LogP contribution in [0.4, 0.5) is 0 Å². The molecule has 0 amide bonds. The zero-order valence-corrected chi connectivity index (χ0v) is 12.7. The molecule has 1 heterocycles. The summed E-state index contributed by atoms with van der Waals surface area (Å²) in [4.78, 5) is 0. The highest BCUT2D eigenvalue weighted by Crippen LogP contribution is 2.13. The minimum atomic E-state index is -0.0521. The lowest BCUT2D eigenvalue weighted by atomic mass is 10.2. The van der Waals surface area contributed by atoms with Gasteiger partial charge in [0.15, 0.2) is 0 Å². The molecule has 21 heavy (non-hydrogen) atoms. The summed E-state index contributed by atoms with van der Waals surface area (Å²) in [5.41, 5.74) is 2.99. The fourth-order valence-corrected chi connectivity index (χ4v) is 2.28. The van der Waals surface area contributed by atoms with E-state index < -0.39 is 0 Å². The first-order valence-corrected chi connectivity index (χ1v) is 7.52. The van der Waals surface area contributed by atoms with Gasteiger partial charge in [0.2, 0.25) is 0 Å². The van der Waals surface area contributed by atoms with Crippen molar-refractivity contribution in [1.29, 1.82) is 0 Å². The molecule has 0 unspecified atom stereocenters. The van der Waals surface area contributed by atoms with Crippen LogP contribution >= 0.6 is 0 Å². The smallest absolute Gasteiger partial charge is 0.119 e. The Balaban J connectivity index is 1.80. The van der Waals surface area contributed by atoms with Gasteiger partial charge in [-0.15, -0.1) is 5.10 Å². The van der Waals surface area contributed by atoms with Crippen LogP contribution in [-0.4, -0.2) is 26.7 Å². The van der Waals surface area contributed by atoms with Crippen molar-refractivity contribution in [2.45, 2.75) is 46.3 Å². The third kappa shape index (κ3) is 4.04. The second-order valence-corrected chi connectivity index (χ2v) is 4.92. The molecule has 2 rings (SSSR count). The summed E-state index contributed by atoms with van der Waals surface area (Å²) in [6.45, 7) is 5.52. The summed E-state index contributed by atoms with van der Waals surface area (Å²) in [5.74, 6) is 0.901. The van der Waals surface area contributed by atoms with Gasteiger partial charge >= 0.3 is 0 Å². The SMILES string of the molecule is CCc1ccc(OCCCn2nnc(CO)c2CC)cc1. The van der Waals surface area contributed by atoms with E-state index in [9.17, 15) is 5.11 Å². The molecule has 1 aromatic carbocycles. The number of aryl methyl sites for hydroxylation is 2. The Kier molecular flexibility index (Phi) is 5.75. The standard InChI is InChI=1S/C16H23N3O2/c1-3-13-6-8-14(9-7-13)21-11-5-10-19-16(4-2)15(12-20)17-18-19/h6-9,20H,3-5,10-12H2,1-2H3. The summed E-state index contributed by atoms with van der Waals surface area (Å²) >= 11 is 0. The lowest BCUT2D eigenvalue weighted by Crippen LogP contribution is -2.09. The van der Waals surface area contributed by atoms with Crippen LogP contribution in [0.15, 0.2) is 24.3 Å². The van der Waals surface area contributed by atoms with Crippen LogP contribution in [-0.2, 0) is 26.0 Å². The molecule has 0 saturated heterocycles. The lowest BCUT2D eigenvalue weighted by molar-refractivity contribution is 0.275. The first-order chi connectivity index (χ1) is 10.3. The van der Waals surface area contributed by atoms with Crippen molar-refractivity contribution in [2.75, 3.05) is 6.61 Å². The summed E-state index contributed by atoms with van der Waals surface area (Å²) in [5, 5.41) is 17.2. The maximum Gasteiger partial charge on any atom is 0.119 e. The minimum Gasteiger partial charge on any atom is -0.494 e. The second-order valence-electron chi connectivity index (χ2n) is 4.92. The van der Waals surface area contributed by atoms with Gasteiger partial charge in [-0.05, 0) is 30.5 Å². The average molecular weight is 289 g/mol. The van der Waals surface area contributed by atoms with Crippen molar-refractivity contribution in [3.05, 3.63) is 41.2 Å². The molecular weight excluding hydrogens is 266 g/mol. The highest BCUT2D eigenvalue weighted by Gasteiger charge is 2.09. The van der Waals surface area contributed by atoms with Crippen molar-refractivity contribution < 1.29 is 9.84 Å². The zero-order valence-electron chi connectivity index (χ0n) is 12.7. The summed E-state index contributed by atoms with van der Waals surface area (Å²) in [6, 6.07) is 8.20. The number of hydrogen-bond donors (Lipinski definition) is 1. The maximum absolute atomic E-state index is 9.19. The predicted molar refractivity (Wildman–Crippen MR) is 81.3 cm³/mol. The molecule has 0 aliphatic heterocycles.